The van der Waals surface area contributed by atoms with Crippen molar-refractivity contribution < 1.29 is 4.42 Å². The van der Waals surface area contributed by atoms with Crippen molar-refractivity contribution in [1.82, 2.24) is 9.97 Å². The fourth-order valence-electron chi connectivity index (χ4n) is 4.96. The highest BCUT2D eigenvalue weighted by Gasteiger charge is 2.17. The number of fused-ring (bicyclic) bond motifs is 3. The van der Waals surface area contributed by atoms with Crippen molar-refractivity contribution in [2.75, 3.05) is 0 Å². The van der Waals surface area contributed by atoms with Crippen LogP contribution in [0, 0.1) is 26.2 Å². The third kappa shape index (κ3) is 4.04. The molecule has 33 heavy (non-hydrogen) atoms. The predicted octanol–water partition coefficient (Wildman–Crippen LogP) is 8.22. The second kappa shape index (κ2) is 7.84. The molecule has 5 rings (SSSR count). The number of benzene rings is 2. The zero-order chi connectivity index (χ0) is 23.3. The van der Waals surface area contributed by atoms with Crippen LogP contribution in [0.5, 0.6) is 0 Å². The van der Waals surface area contributed by atoms with E-state index >= 15 is 0 Å². The molecule has 0 aliphatic carbocycles. The van der Waals surface area contributed by atoms with E-state index in [0.29, 0.717) is 0 Å². The average molecular weight is 435 g/mol. The van der Waals surface area contributed by atoms with Crippen LogP contribution in [0.2, 0.25) is 0 Å². The van der Waals surface area contributed by atoms with E-state index in [9.17, 15) is 0 Å². The highest BCUT2D eigenvalue weighted by Crippen LogP contribution is 2.38. The minimum atomic E-state index is 0.224. The van der Waals surface area contributed by atoms with Gasteiger partial charge in [0.1, 0.15) is 11.2 Å². The maximum atomic E-state index is 6.48. The molecule has 0 amide bonds. The average Bonchev–Trinajstić information content (AvgIpc) is 3.10. The maximum absolute atomic E-state index is 6.48. The lowest BCUT2D eigenvalue weighted by Gasteiger charge is -2.18. The largest absolute Gasteiger partial charge is 0.455 e. The Morgan fingerprint density at radius 3 is 2.45 bits per heavy atom. The molecule has 0 N–H and O–H groups in total. The normalized spacial score (nSPS) is 12.1. The Labute approximate surface area is 195 Å². The summed E-state index contributed by atoms with van der Waals surface area (Å²) in [7, 11) is 0. The van der Waals surface area contributed by atoms with Crippen molar-refractivity contribution in [2.24, 2.45) is 5.41 Å². The van der Waals surface area contributed by atoms with E-state index in [1.807, 2.05) is 13.1 Å². The second-order valence-corrected chi connectivity index (χ2v) is 10.3. The van der Waals surface area contributed by atoms with Crippen LogP contribution in [0.25, 0.3) is 44.3 Å². The molecule has 0 spiro atoms. The minimum Gasteiger partial charge on any atom is -0.455 e. The van der Waals surface area contributed by atoms with Crippen molar-refractivity contribution in [1.29, 1.82) is 0 Å². The molecule has 3 aromatic heterocycles. The lowest BCUT2D eigenvalue weighted by atomic mass is 9.88. The SMILES string of the molecule is Cc1cc(C)c(-c2ccc3c(c2)oc2c(-c4cc(CC(C)(C)C)ccn4)cccc23)c(C)n1. The van der Waals surface area contributed by atoms with Crippen LogP contribution in [0.15, 0.2) is 65.2 Å². The molecule has 3 nitrogen and oxygen atoms in total. The number of nitrogens with zero attached hydrogens (tertiary/aromatic N) is 2. The first-order chi connectivity index (χ1) is 15.7. The van der Waals surface area contributed by atoms with Crippen molar-refractivity contribution in [3.05, 3.63) is 83.3 Å². The highest BCUT2D eigenvalue weighted by atomic mass is 16.3. The van der Waals surface area contributed by atoms with E-state index in [1.165, 1.54) is 16.7 Å². The van der Waals surface area contributed by atoms with Gasteiger partial charge in [0.2, 0.25) is 0 Å². The second-order valence-electron chi connectivity index (χ2n) is 10.3. The molecule has 0 saturated carbocycles. The van der Waals surface area contributed by atoms with Crippen LogP contribution < -0.4 is 0 Å². The summed E-state index contributed by atoms with van der Waals surface area (Å²) in [6.07, 6.45) is 2.91. The summed E-state index contributed by atoms with van der Waals surface area (Å²) in [5.41, 5.74) is 10.9. The smallest absolute Gasteiger partial charge is 0.144 e. The van der Waals surface area contributed by atoms with E-state index in [0.717, 1.165) is 56.6 Å². The van der Waals surface area contributed by atoms with Gasteiger partial charge in [0, 0.05) is 39.5 Å². The summed E-state index contributed by atoms with van der Waals surface area (Å²) in [6, 6.07) is 19.3. The van der Waals surface area contributed by atoms with Gasteiger partial charge in [-0.1, -0.05) is 39.0 Å². The third-order valence-electron chi connectivity index (χ3n) is 6.15. The number of pyridine rings is 2. The molecule has 0 bridgehead atoms. The Kier molecular flexibility index (Phi) is 5.08. The first-order valence-electron chi connectivity index (χ1n) is 11.6. The first kappa shape index (κ1) is 21.4. The van der Waals surface area contributed by atoms with E-state index < -0.39 is 0 Å². The molecular weight excluding hydrogens is 404 g/mol. The van der Waals surface area contributed by atoms with Gasteiger partial charge in [-0.3, -0.25) is 9.97 Å². The van der Waals surface area contributed by atoms with Crippen LogP contribution in [0.3, 0.4) is 0 Å². The monoisotopic (exact) mass is 434 g/mol. The fourth-order valence-corrected chi connectivity index (χ4v) is 4.96. The molecular formula is C30H30N2O. The van der Waals surface area contributed by atoms with Crippen LogP contribution >= 0.6 is 0 Å². The zero-order valence-corrected chi connectivity index (χ0v) is 20.3. The van der Waals surface area contributed by atoms with Crippen molar-refractivity contribution in [3.63, 3.8) is 0 Å². The van der Waals surface area contributed by atoms with Crippen LogP contribution in [0.1, 0.15) is 43.3 Å². The van der Waals surface area contributed by atoms with Gasteiger partial charge in [0.15, 0.2) is 0 Å². The Bertz CT molecular complexity index is 1480. The first-order valence-corrected chi connectivity index (χ1v) is 11.6. The molecule has 0 saturated heterocycles. The van der Waals surface area contributed by atoms with Gasteiger partial charge < -0.3 is 4.42 Å². The Balaban J connectivity index is 1.66. The van der Waals surface area contributed by atoms with Gasteiger partial charge >= 0.3 is 0 Å². The molecule has 0 radical (unpaired) electrons. The summed E-state index contributed by atoms with van der Waals surface area (Å²) in [5.74, 6) is 0. The number of hydrogen-bond donors (Lipinski definition) is 0. The lowest BCUT2D eigenvalue weighted by molar-refractivity contribution is 0.411. The van der Waals surface area contributed by atoms with Crippen LogP contribution in [0.4, 0.5) is 0 Å². The molecule has 0 aliphatic heterocycles. The summed E-state index contributed by atoms with van der Waals surface area (Å²) in [4.78, 5) is 9.37. The number of rotatable bonds is 3. The van der Waals surface area contributed by atoms with E-state index in [-0.39, 0.29) is 5.41 Å². The number of furan rings is 1. The predicted molar refractivity (Wildman–Crippen MR) is 138 cm³/mol. The molecule has 0 fully saturated rings. The summed E-state index contributed by atoms with van der Waals surface area (Å²) >= 11 is 0. The van der Waals surface area contributed by atoms with E-state index in [2.05, 4.69) is 99.2 Å². The maximum Gasteiger partial charge on any atom is 0.144 e. The number of aromatic nitrogens is 2. The minimum absolute atomic E-state index is 0.224. The molecule has 5 aromatic rings. The van der Waals surface area contributed by atoms with Crippen LogP contribution in [-0.4, -0.2) is 9.97 Å². The summed E-state index contributed by atoms with van der Waals surface area (Å²) < 4.78 is 6.48. The van der Waals surface area contributed by atoms with Crippen LogP contribution in [-0.2, 0) is 6.42 Å². The van der Waals surface area contributed by atoms with Crippen molar-refractivity contribution in [2.45, 2.75) is 48.0 Å². The molecule has 0 unspecified atom stereocenters. The fraction of sp³-hybridized carbons (Fsp3) is 0.267. The zero-order valence-electron chi connectivity index (χ0n) is 20.3. The Hall–Kier alpha value is -3.46. The lowest BCUT2D eigenvalue weighted by Crippen LogP contribution is -2.09. The summed E-state index contributed by atoms with van der Waals surface area (Å²) in [6.45, 7) is 13.0. The molecule has 0 aliphatic rings. The third-order valence-corrected chi connectivity index (χ3v) is 6.15. The van der Waals surface area contributed by atoms with Gasteiger partial charge in [-0.05, 0) is 85.7 Å². The summed E-state index contributed by atoms with van der Waals surface area (Å²) in [5, 5.41) is 2.24. The molecule has 2 aromatic carbocycles. The van der Waals surface area contributed by atoms with Gasteiger partial charge in [0.25, 0.3) is 0 Å². The Morgan fingerprint density at radius 2 is 1.70 bits per heavy atom. The number of aryl methyl sites for hydroxylation is 3. The molecule has 3 heterocycles. The molecule has 0 atom stereocenters. The number of hydrogen-bond acceptors (Lipinski definition) is 3. The van der Waals surface area contributed by atoms with Gasteiger partial charge in [0.05, 0.1) is 5.69 Å². The highest BCUT2D eigenvalue weighted by molar-refractivity contribution is 6.10. The van der Waals surface area contributed by atoms with Gasteiger partial charge in [-0.25, -0.2) is 0 Å². The quantitative estimate of drug-likeness (QED) is 0.287. The standard InChI is InChI=1S/C30H30N2O/c1-18-14-19(2)32-20(3)28(18)22-10-11-23-24-8-7-9-25(29(24)33-27(23)16-22)26-15-21(12-13-31-26)17-30(4,5)6/h7-16H,17H2,1-6H3. The van der Waals surface area contributed by atoms with E-state index in [1.54, 1.807) is 0 Å². The number of para-hydroxylation sites is 1. The molecule has 3 heteroatoms. The Morgan fingerprint density at radius 1 is 0.879 bits per heavy atom. The topological polar surface area (TPSA) is 38.9 Å². The van der Waals surface area contributed by atoms with E-state index in [4.69, 9.17) is 4.42 Å². The van der Waals surface area contributed by atoms with Gasteiger partial charge in [-0.15, -0.1) is 0 Å². The van der Waals surface area contributed by atoms with Crippen molar-refractivity contribution >= 4 is 21.9 Å². The van der Waals surface area contributed by atoms with Crippen molar-refractivity contribution in [3.8, 4) is 22.4 Å². The molecule has 166 valence electrons. The van der Waals surface area contributed by atoms with Gasteiger partial charge in [-0.2, -0.15) is 0 Å².